The number of thiophene rings is 1. The van der Waals surface area contributed by atoms with Crippen LogP contribution in [0.4, 0.5) is 0 Å². The Morgan fingerprint density at radius 1 is 1.35 bits per heavy atom. The zero-order valence-corrected chi connectivity index (χ0v) is 12.5. The topological polar surface area (TPSA) is 35.8 Å². The van der Waals surface area contributed by atoms with Crippen molar-refractivity contribution in [2.75, 3.05) is 0 Å². The SMILES string of the molecule is CC(NCc1cc2c(s1)CCC2)c1cccc(C#N)c1. The summed E-state index contributed by atoms with van der Waals surface area (Å²) in [5, 5.41) is 12.5. The Kier molecular flexibility index (Phi) is 3.86. The van der Waals surface area contributed by atoms with Gasteiger partial charge in [-0.1, -0.05) is 12.1 Å². The highest BCUT2D eigenvalue weighted by Gasteiger charge is 2.15. The second-order valence-electron chi connectivity index (χ2n) is 5.35. The number of hydrogen-bond acceptors (Lipinski definition) is 3. The second kappa shape index (κ2) is 5.78. The summed E-state index contributed by atoms with van der Waals surface area (Å²) in [5.41, 5.74) is 3.46. The number of rotatable bonds is 4. The van der Waals surface area contributed by atoms with Crippen molar-refractivity contribution in [2.45, 2.75) is 38.8 Å². The molecule has 0 bridgehead atoms. The zero-order chi connectivity index (χ0) is 13.9. The van der Waals surface area contributed by atoms with Crippen molar-refractivity contribution in [3.05, 3.63) is 56.8 Å². The minimum absolute atomic E-state index is 0.264. The molecule has 0 aliphatic heterocycles. The van der Waals surface area contributed by atoms with E-state index in [4.69, 9.17) is 5.26 Å². The van der Waals surface area contributed by atoms with E-state index in [2.05, 4.69) is 30.4 Å². The Bertz CT molecular complexity index is 630. The summed E-state index contributed by atoms with van der Waals surface area (Å²) in [6, 6.07) is 12.7. The summed E-state index contributed by atoms with van der Waals surface area (Å²) >= 11 is 1.95. The highest BCUT2D eigenvalue weighted by atomic mass is 32.1. The summed E-state index contributed by atoms with van der Waals surface area (Å²) in [7, 11) is 0. The van der Waals surface area contributed by atoms with Crippen LogP contribution in [0.2, 0.25) is 0 Å². The predicted molar refractivity (Wildman–Crippen MR) is 82.8 cm³/mol. The predicted octanol–water partition coefficient (Wildman–Crippen LogP) is 3.96. The fourth-order valence-electron chi connectivity index (χ4n) is 2.73. The van der Waals surface area contributed by atoms with E-state index in [1.807, 2.05) is 29.5 Å². The van der Waals surface area contributed by atoms with E-state index in [-0.39, 0.29) is 6.04 Å². The van der Waals surface area contributed by atoms with Crippen molar-refractivity contribution < 1.29 is 0 Å². The molecule has 0 spiro atoms. The highest BCUT2D eigenvalue weighted by molar-refractivity contribution is 7.12. The molecule has 2 nitrogen and oxygen atoms in total. The first-order chi connectivity index (χ1) is 9.76. The average Bonchev–Trinajstić information content (AvgIpc) is 3.05. The van der Waals surface area contributed by atoms with Gasteiger partial charge in [0.25, 0.3) is 0 Å². The molecular weight excluding hydrogens is 264 g/mol. The van der Waals surface area contributed by atoms with E-state index in [9.17, 15) is 0 Å². The molecule has 0 saturated carbocycles. The third-order valence-electron chi connectivity index (χ3n) is 3.90. The third-order valence-corrected chi connectivity index (χ3v) is 5.13. The summed E-state index contributed by atoms with van der Waals surface area (Å²) in [6.07, 6.45) is 3.84. The lowest BCUT2D eigenvalue weighted by atomic mass is 10.1. The molecular formula is C17H18N2S. The molecule has 1 N–H and O–H groups in total. The molecule has 1 aromatic carbocycles. The van der Waals surface area contributed by atoms with Gasteiger partial charge in [0.15, 0.2) is 0 Å². The lowest BCUT2D eigenvalue weighted by Crippen LogP contribution is -2.17. The quantitative estimate of drug-likeness (QED) is 0.921. The molecule has 3 heteroatoms. The van der Waals surface area contributed by atoms with E-state index < -0.39 is 0 Å². The van der Waals surface area contributed by atoms with E-state index in [1.54, 1.807) is 10.4 Å². The van der Waals surface area contributed by atoms with Gasteiger partial charge in [0.05, 0.1) is 11.6 Å². The van der Waals surface area contributed by atoms with Crippen LogP contribution in [0.1, 0.15) is 45.8 Å². The van der Waals surface area contributed by atoms with Gasteiger partial charge in [-0.05, 0) is 55.5 Å². The third kappa shape index (κ3) is 2.77. The standard InChI is InChI=1S/C17H18N2S/c1-12(14-5-2-4-13(8-14)10-18)19-11-16-9-15-6-3-7-17(15)20-16/h2,4-5,8-9,12,19H,3,6-7,11H2,1H3. The van der Waals surface area contributed by atoms with Gasteiger partial charge < -0.3 is 5.32 Å². The monoisotopic (exact) mass is 282 g/mol. The Balaban J connectivity index is 1.63. The van der Waals surface area contributed by atoms with Crippen molar-refractivity contribution >= 4 is 11.3 Å². The Labute approximate surface area is 124 Å². The minimum atomic E-state index is 0.264. The maximum Gasteiger partial charge on any atom is 0.0991 e. The normalized spacial score (nSPS) is 14.8. The molecule has 0 amide bonds. The van der Waals surface area contributed by atoms with Gasteiger partial charge in [0.2, 0.25) is 0 Å². The van der Waals surface area contributed by atoms with Gasteiger partial charge >= 0.3 is 0 Å². The van der Waals surface area contributed by atoms with Gasteiger partial charge in [0.1, 0.15) is 0 Å². The molecule has 1 aliphatic carbocycles. The molecule has 0 radical (unpaired) electrons. The summed E-state index contributed by atoms with van der Waals surface area (Å²) in [5.74, 6) is 0. The molecule has 1 aliphatic rings. The van der Waals surface area contributed by atoms with E-state index in [1.165, 1.54) is 29.7 Å². The Hall–Kier alpha value is -1.63. The number of hydrogen-bond donors (Lipinski definition) is 1. The molecule has 1 heterocycles. The number of fused-ring (bicyclic) bond motifs is 1. The van der Waals surface area contributed by atoms with Crippen molar-refractivity contribution in [1.29, 1.82) is 5.26 Å². The first-order valence-corrected chi connectivity index (χ1v) is 7.92. The largest absolute Gasteiger partial charge is 0.305 e. The van der Waals surface area contributed by atoms with Crippen molar-refractivity contribution in [3.63, 3.8) is 0 Å². The first kappa shape index (κ1) is 13.4. The summed E-state index contributed by atoms with van der Waals surface area (Å²) in [6.45, 7) is 3.06. The number of nitrogens with one attached hydrogen (secondary N) is 1. The first-order valence-electron chi connectivity index (χ1n) is 7.10. The lowest BCUT2D eigenvalue weighted by molar-refractivity contribution is 0.578. The fraction of sp³-hybridized carbons (Fsp3) is 0.353. The van der Waals surface area contributed by atoms with Gasteiger partial charge in [-0.25, -0.2) is 0 Å². The van der Waals surface area contributed by atoms with Crippen molar-refractivity contribution in [1.82, 2.24) is 5.32 Å². The molecule has 1 unspecified atom stereocenters. The smallest absolute Gasteiger partial charge is 0.0991 e. The molecule has 0 saturated heterocycles. The van der Waals surface area contributed by atoms with Gasteiger partial charge in [-0.2, -0.15) is 5.26 Å². The van der Waals surface area contributed by atoms with Crippen LogP contribution in [0.25, 0.3) is 0 Å². The summed E-state index contributed by atoms with van der Waals surface area (Å²) in [4.78, 5) is 3.01. The molecule has 1 aromatic heterocycles. The van der Waals surface area contributed by atoms with Crippen LogP contribution in [-0.4, -0.2) is 0 Å². The molecule has 3 rings (SSSR count). The zero-order valence-electron chi connectivity index (χ0n) is 11.6. The lowest BCUT2D eigenvalue weighted by Gasteiger charge is -2.13. The number of nitrogens with zero attached hydrogens (tertiary/aromatic N) is 1. The van der Waals surface area contributed by atoms with Gasteiger partial charge in [-0.15, -0.1) is 11.3 Å². The second-order valence-corrected chi connectivity index (χ2v) is 6.58. The molecule has 2 aromatic rings. The highest BCUT2D eigenvalue weighted by Crippen LogP contribution is 2.30. The number of aryl methyl sites for hydroxylation is 2. The van der Waals surface area contributed by atoms with Crippen molar-refractivity contribution in [3.8, 4) is 6.07 Å². The molecule has 20 heavy (non-hydrogen) atoms. The molecule has 0 fully saturated rings. The van der Waals surface area contributed by atoms with Crippen molar-refractivity contribution in [2.24, 2.45) is 0 Å². The van der Waals surface area contributed by atoms with Crippen LogP contribution in [0.15, 0.2) is 30.3 Å². The average molecular weight is 282 g/mol. The van der Waals surface area contributed by atoms with E-state index in [0.717, 1.165) is 12.1 Å². The van der Waals surface area contributed by atoms with Gasteiger partial charge in [0, 0.05) is 22.3 Å². The number of benzene rings is 1. The van der Waals surface area contributed by atoms with Crippen LogP contribution >= 0.6 is 11.3 Å². The Morgan fingerprint density at radius 2 is 2.25 bits per heavy atom. The van der Waals surface area contributed by atoms with Crippen LogP contribution in [-0.2, 0) is 19.4 Å². The minimum Gasteiger partial charge on any atom is -0.305 e. The maximum absolute atomic E-state index is 8.95. The van der Waals surface area contributed by atoms with Crippen LogP contribution in [0.5, 0.6) is 0 Å². The molecule has 1 atom stereocenters. The maximum atomic E-state index is 8.95. The number of nitriles is 1. The van der Waals surface area contributed by atoms with Crippen LogP contribution < -0.4 is 5.32 Å². The molecule has 102 valence electrons. The fourth-order valence-corrected chi connectivity index (χ4v) is 3.94. The van der Waals surface area contributed by atoms with Gasteiger partial charge in [-0.3, -0.25) is 0 Å². The summed E-state index contributed by atoms with van der Waals surface area (Å²) < 4.78 is 0. The van der Waals surface area contributed by atoms with E-state index in [0.29, 0.717) is 0 Å². The Morgan fingerprint density at radius 3 is 3.05 bits per heavy atom. The van der Waals surface area contributed by atoms with Crippen LogP contribution in [0.3, 0.4) is 0 Å². The van der Waals surface area contributed by atoms with E-state index >= 15 is 0 Å². The van der Waals surface area contributed by atoms with Crippen LogP contribution in [0, 0.1) is 11.3 Å².